The van der Waals surface area contributed by atoms with Gasteiger partial charge in [0, 0.05) is 30.0 Å². The third kappa shape index (κ3) is 2.65. The van der Waals surface area contributed by atoms with E-state index in [4.69, 9.17) is 4.42 Å². The van der Waals surface area contributed by atoms with Crippen molar-refractivity contribution in [2.75, 3.05) is 13.1 Å². The van der Waals surface area contributed by atoms with Gasteiger partial charge in [-0.15, -0.1) is 10.2 Å². The summed E-state index contributed by atoms with van der Waals surface area (Å²) in [7, 11) is 0. The maximum Gasteiger partial charge on any atom is 0.247 e. The van der Waals surface area contributed by atoms with Crippen molar-refractivity contribution in [1.29, 1.82) is 0 Å². The van der Waals surface area contributed by atoms with Crippen molar-refractivity contribution in [2.24, 2.45) is 5.92 Å². The zero-order chi connectivity index (χ0) is 17.8. The summed E-state index contributed by atoms with van der Waals surface area (Å²) in [6, 6.07) is 5.11. The molecule has 1 saturated heterocycles. The number of hydrogen-bond donors (Lipinski definition) is 0. The van der Waals surface area contributed by atoms with Crippen molar-refractivity contribution in [3.05, 3.63) is 46.1 Å². The van der Waals surface area contributed by atoms with Gasteiger partial charge in [0.2, 0.25) is 23.7 Å². The molecule has 2 fully saturated rings. The summed E-state index contributed by atoms with van der Waals surface area (Å²) in [4.78, 5) is 24.1. The van der Waals surface area contributed by atoms with E-state index in [9.17, 15) is 19.3 Å². The Morgan fingerprint density at radius 3 is 2.84 bits per heavy atom. The van der Waals surface area contributed by atoms with E-state index in [1.54, 1.807) is 17.0 Å². The van der Waals surface area contributed by atoms with E-state index >= 15 is 0 Å². The Morgan fingerprint density at radius 1 is 1.44 bits per heavy atom. The highest BCUT2D eigenvalue weighted by Crippen LogP contribution is 2.40. The SMILES string of the molecule is CC1(c2nnc(-c3cccc(F)c3)o2)CN(C(=O)[C@@H]2C[C@H]2[N+](=O)[O-])C1. The third-order valence-corrected chi connectivity index (χ3v) is 4.75. The molecule has 2 heterocycles. The maximum absolute atomic E-state index is 13.3. The van der Waals surface area contributed by atoms with Crippen LogP contribution in [0, 0.1) is 21.8 Å². The molecule has 2 atom stereocenters. The molecule has 1 aliphatic heterocycles. The minimum absolute atomic E-state index is 0.191. The monoisotopic (exact) mass is 346 g/mol. The Bertz CT molecular complexity index is 861. The fraction of sp³-hybridized carbons (Fsp3) is 0.438. The van der Waals surface area contributed by atoms with Crippen molar-refractivity contribution in [3.63, 3.8) is 0 Å². The van der Waals surface area contributed by atoms with Gasteiger partial charge in [-0.2, -0.15) is 0 Å². The number of amides is 1. The van der Waals surface area contributed by atoms with Gasteiger partial charge in [-0.25, -0.2) is 4.39 Å². The first-order valence-corrected chi connectivity index (χ1v) is 7.89. The highest BCUT2D eigenvalue weighted by Gasteiger charge is 2.58. The molecule has 0 spiro atoms. The molecule has 1 amide bonds. The van der Waals surface area contributed by atoms with Crippen LogP contribution in [0.4, 0.5) is 4.39 Å². The van der Waals surface area contributed by atoms with Gasteiger partial charge in [-0.3, -0.25) is 14.9 Å². The van der Waals surface area contributed by atoms with Gasteiger partial charge in [0.15, 0.2) is 0 Å². The predicted molar refractivity (Wildman–Crippen MR) is 82.5 cm³/mol. The number of halogens is 1. The molecule has 130 valence electrons. The second kappa shape index (κ2) is 5.33. The van der Waals surface area contributed by atoms with Crippen LogP contribution >= 0.6 is 0 Å². The number of hydrogen-bond acceptors (Lipinski definition) is 6. The molecule has 1 saturated carbocycles. The van der Waals surface area contributed by atoms with Crippen LogP contribution in [0.1, 0.15) is 19.2 Å². The fourth-order valence-corrected chi connectivity index (χ4v) is 3.21. The zero-order valence-corrected chi connectivity index (χ0v) is 13.4. The third-order valence-electron chi connectivity index (χ3n) is 4.75. The van der Waals surface area contributed by atoms with E-state index in [-0.39, 0.29) is 11.8 Å². The van der Waals surface area contributed by atoms with E-state index in [2.05, 4.69) is 10.2 Å². The Morgan fingerprint density at radius 2 is 2.20 bits per heavy atom. The van der Waals surface area contributed by atoms with Gasteiger partial charge in [-0.1, -0.05) is 6.07 Å². The number of likely N-dealkylation sites (tertiary alicyclic amines) is 1. The second-order valence-corrected chi connectivity index (χ2v) is 6.87. The molecule has 2 aromatic rings. The number of carbonyl (C=O) groups excluding carboxylic acids is 1. The van der Waals surface area contributed by atoms with Crippen LogP contribution in [0.5, 0.6) is 0 Å². The van der Waals surface area contributed by atoms with Crippen LogP contribution in [0.15, 0.2) is 28.7 Å². The summed E-state index contributed by atoms with van der Waals surface area (Å²) in [5.74, 6) is -0.503. The number of nitro groups is 1. The van der Waals surface area contributed by atoms with Crippen LogP contribution in [-0.2, 0) is 10.2 Å². The first-order chi connectivity index (χ1) is 11.9. The fourth-order valence-electron chi connectivity index (χ4n) is 3.21. The minimum atomic E-state index is -0.748. The lowest BCUT2D eigenvalue weighted by atomic mass is 9.81. The molecule has 4 rings (SSSR count). The Labute approximate surface area is 141 Å². The van der Waals surface area contributed by atoms with Crippen molar-refractivity contribution in [1.82, 2.24) is 15.1 Å². The number of benzene rings is 1. The molecule has 0 unspecified atom stereocenters. The molecule has 8 nitrogen and oxygen atoms in total. The summed E-state index contributed by atoms with van der Waals surface area (Å²) < 4.78 is 19.0. The Kier molecular flexibility index (Phi) is 3.34. The molecule has 1 aromatic heterocycles. The average Bonchev–Trinajstić information content (AvgIpc) is 3.20. The number of aromatic nitrogens is 2. The second-order valence-electron chi connectivity index (χ2n) is 6.87. The summed E-state index contributed by atoms with van der Waals surface area (Å²) >= 11 is 0. The number of rotatable bonds is 4. The predicted octanol–water partition coefficient (Wildman–Crippen LogP) is 1.64. The normalized spacial score (nSPS) is 23.8. The standard InChI is InChI=1S/C16H15FN4O4/c1-16(7-20(8-16)14(22)11-6-12(11)21(23)24)15-19-18-13(25-15)9-3-2-4-10(17)5-9/h2-5,11-12H,6-8H2,1H3/t11-,12-/m1/s1. The van der Waals surface area contributed by atoms with Gasteiger partial charge in [0.25, 0.3) is 0 Å². The maximum atomic E-state index is 13.3. The lowest BCUT2D eigenvalue weighted by molar-refractivity contribution is -0.497. The van der Waals surface area contributed by atoms with Crippen LogP contribution in [0.25, 0.3) is 11.5 Å². The van der Waals surface area contributed by atoms with Gasteiger partial charge < -0.3 is 9.32 Å². The smallest absolute Gasteiger partial charge is 0.247 e. The van der Waals surface area contributed by atoms with Gasteiger partial charge in [0.05, 0.1) is 5.41 Å². The lowest BCUT2D eigenvalue weighted by Crippen LogP contribution is -2.60. The Hall–Kier alpha value is -2.84. The zero-order valence-electron chi connectivity index (χ0n) is 13.4. The van der Waals surface area contributed by atoms with E-state index in [1.165, 1.54) is 12.1 Å². The number of nitrogens with zero attached hydrogens (tertiary/aromatic N) is 4. The van der Waals surface area contributed by atoms with Crippen LogP contribution in [-0.4, -0.2) is 45.1 Å². The van der Waals surface area contributed by atoms with Gasteiger partial charge in [-0.05, 0) is 25.1 Å². The highest BCUT2D eigenvalue weighted by atomic mass is 19.1. The van der Waals surface area contributed by atoms with Crippen LogP contribution in [0.3, 0.4) is 0 Å². The molecule has 1 aromatic carbocycles. The molecule has 0 N–H and O–H groups in total. The molecular weight excluding hydrogens is 331 g/mol. The highest BCUT2D eigenvalue weighted by molar-refractivity contribution is 5.83. The molecule has 0 radical (unpaired) electrons. The molecule has 2 aliphatic rings. The van der Waals surface area contributed by atoms with E-state index in [0.29, 0.717) is 31.0 Å². The van der Waals surface area contributed by atoms with E-state index in [0.717, 1.165) is 0 Å². The van der Waals surface area contributed by atoms with E-state index in [1.807, 2.05) is 6.92 Å². The van der Waals surface area contributed by atoms with Crippen molar-refractivity contribution in [2.45, 2.75) is 24.8 Å². The quantitative estimate of drug-likeness (QED) is 0.616. The van der Waals surface area contributed by atoms with Crippen LogP contribution < -0.4 is 0 Å². The lowest BCUT2D eigenvalue weighted by Gasteiger charge is -2.45. The number of carbonyl (C=O) groups is 1. The first-order valence-electron chi connectivity index (χ1n) is 7.89. The van der Waals surface area contributed by atoms with Gasteiger partial charge in [0.1, 0.15) is 11.7 Å². The van der Waals surface area contributed by atoms with Crippen molar-refractivity contribution in [3.8, 4) is 11.5 Å². The topological polar surface area (TPSA) is 102 Å². The first kappa shape index (κ1) is 15.7. The van der Waals surface area contributed by atoms with Gasteiger partial charge >= 0.3 is 0 Å². The minimum Gasteiger partial charge on any atom is -0.420 e. The van der Waals surface area contributed by atoms with Crippen LogP contribution in [0.2, 0.25) is 0 Å². The summed E-state index contributed by atoms with van der Waals surface area (Å²) in [6.07, 6.45) is 0.309. The van der Waals surface area contributed by atoms with Crippen molar-refractivity contribution >= 4 is 5.91 Å². The summed E-state index contributed by atoms with van der Waals surface area (Å²) in [5.41, 5.74) is -0.00540. The van der Waals surface area contributed by atoms with E-state index < -0.39 is 28.1 Å². The largest absolute Gasteiger partial charge is 0.420 e. The molecule has 1 aliphatic carbocycles. The summed E-state index contributed by atoms with van der Waals surface area (Å²) in [6.45, 7) is 2.63. The molecule has 9 heteroatoms. The molecule has 0 bridgehead atoms. The molecular formula is C16H15FN4O4. The average molecular weight is 346 g/mol. The Balaban J connectivity index is 1.44. The van der Waals surface area contributed by atoms with Crippen molar-refractivity contribution < 1.29 is 18.5 Å². The molecule has 25 heavy (non-hydrogen) atoms. The summed E-state index contributed by atoms with van der Waals surface area (Å²) in [5, 5.41) is 18.7.